The lowest BCUT2D eigenvalue weighted by atomic mass is 10.0. The fourth-order valence-corrected chi connectivity index (χ4v) is 3.33. The zero-order valence-electron chi connectivity index (χ0n) is 15.8. The standard InChI is InChI=1S/C20H26N2O3S/c1-13(2)17(16-7-6-12-26-16)22-18(23)14-8-10-15(11-9-14)21-19(24)25-20(3,4)5/h6-13,17H,1-5H3,(H,21,24)(H,22,23)/t17-/m0/s1. The maximum Gasteiger partial charge on any atom is 0.412 e. The van der Waals surface area contributed by atoms with Crippen molar-refractivity contribution in [2.75, 3.05) is 5.32 Å². The summed E-state index contributed by atoms with van der Waals surface area (Å²) in [6.07, 6.45) is -0.521. The summed E-state index contributed by atoms with van der Waals surface area (Å²) in [4.78, 5) is 25.5. The Bertz CT molecular complexity index is 731. The number of thiophene rings is 1. The molecule has 5 nitrogen and oxygen atoms in total. The molecule has 1 heterocycles. The van der Waals surface area contributed by atoms with Gasteiger partial charge in [0.2, 0.25) is 0 Å². The van der Waals surface area contributed by atoms with Gasteiger partial charge in [-0.2, -0.15) is 0 Å². The monoisotopic (exact) mass is 374 g/mol. The van der Waals surface area contributed by atoms with Crippen molar-refractivity contribution in [2.24, 2.45) is 5.92 Å². The van der Waals surface area contributed by atoms with Crippen molar-refractivity contribution in [2.45, 2.75) is 46.3 Å². The van der Waals surface area contributed by atoms with E-state index in [1.54, 1.807) is 56.4 Å². The first-order valence-electron chi connectivity index (χ1n) is 8.60. The molecule has 140 valence electrons. The lowest BCUT2D eigenvalue weighted by Crippen LogP contribution is -2.31. The average Bonchev–Trinajstić information content (AvgIpc) is 3.04. The van der Waals surface area contributed by atoms with Crippen molar-refractivity contribution < 1.29 is 14.3 Å². The molecular weight excluding hydrogens is 348 g/mol. The van der Waals surface area contributed by atoms with Crippen molar-refractivity contribution in [3.63, 3.8) is 0 Å². The molecule has 0 spiro atoms. The highest BCUT2D eigenvalue weighted by Gasteiger charge is 2.20. The number of anilines is 1. The third-order valence-electron chi connectivity index (χ3n) is 3.60. The Hall–Kier alpha value is -2.34. The SMILES string of the molecule is CC(C)[C@H](NC(=O)c1ccc(NC(=O)OC(C)(C)C)cc1)c1cccs1. The fraction of sp³-hybridized carbons (Fsp3) is 0.400. The van der Waals surface area contributed by atoms with Crippen molar-refractivity contribution in [3.8, 4) is 0 Å². The number of hydrogen-bond donors (Lipinski definition) is 2. The highest BCUT2D eigenvalue weighted by Crippen LogP contribution is 2.26. The minimum Gasteiger partial charge on any atom is -0.444 e. The molecule has 2 amide bonds. The van der Waals surface area contributed by atoms with Crippen LogP contribution in [0.3, 0.4) is 0 Å². The zero-order valence-corrected chi connectivity index (χ0v) is 16.6. The van der Waals surface area contributed by atoms with E-state index in [1.165, 1.54) is 0 Å². The summed E-state index contributed by atoms with van der Waals surface area (Å²) in [5, 5.41) is 7.75. The Balaban J connectivity index is 2.01. The molecule has 0 saturated carbocycles. The van der Waals surface area contributed by atoms with E-state index >= 15 is 0 Å². The molecule has 26 heavy (non-hydrogen) atoms. The van der Waals surface area contributed by atoms with Gasteiger partial charge in [0.1, 0.15) is 5.60 Å². The average molecular weight is 375 g/mol. The number of amides is 2. The predicted molar refractivity (Wildman–Crippen MR) is 106 cm³/mol. The topological polar surface area (TPSA) is 67.4 Å². The van der Waals surface area contributed by atoms with Crippen LogP contribution in [0.1, 0.15) is 55.9 Å². The van der Waals surface area contributed by atoms with Gasteiger partial charge in [0.05, 0.1) is 6.04 Å². The molecule has 0 aliphatic carbocycles. The normalized spacial score (nSPS) is 12.5. The molecule has 0 saturated heterocycles. The molecule has 0 unspecified atom stereocenters. The zero-order chi connectivity index (χ0) is 19.3. The number of carbonyl (C=O) groups excluding carboxylic acids is 2. The maximum atomic E-state index is 12.6. The van der Waals surface area contributed by atoms with Gasteiger partial charge in [-0.05, 0) is 62.4 Å². The van der Waals surface area contributed by atoms with Crippen LogP contribution in [-0.4, -0.2) is 17.6 Å². The quantitative estimate of drug-likeness (QED) is 0.754. The molecule has 2 rings (SSSR count). The van der Waals surface area contributed by atoms with Crippen LogP contribution < -0.4 is 10.6 Å². The predicted octanol–water partition coefficient (Wildman–Crippen LogP) is 5.22. The minimum atomic E-state index is -0.558. The van der Waals surface area contributed by atoms with Crippen LogP contribution in [0.15, 0.2) is 41.8 Å². The second kappa shape index (κ2) is 8.36. The summed E-state index contributed by atoms with van der Waals surface area (Å²) in [5.41, 5.74) is 0.564. The Labute approximate surface area is 158 Å². The molecular formula is C20H26N2O3S. The van der Waals surface area contributed by atoms with E-state index in [2.05, 4.69) is 24.5 Å². The van der Waals surface area contributed by atoms with Crippen LogP contribution in [0.25, 0.3) is 0 Å². The minimum absolute atomic E-state index is 0.0259. The van der Waals surface area contributed by atoms with Crippen LogP contribution in [0.5, 0.6) is 0 Å². The van der Waals surface area contributed by atoms with Gasteiger partial charge in [0, 0.05) is 16.1 Å². The number of ether oxygens (including phenoxy) is 1. The molecule has 0 radical (unpaired) electrons. The molecule has 0 fully saturated rings. The second-order valence-corrected chi connectivity index (χ2v) is 8.39. The lowest BCUT2D eigenvalue weighted by Gasteiger charge is -2.21. The fourth-order valence-electron chi connectivity index (χ4n) is 2.39. The van der Waals surface area contributed by atoms with E-state index < -0.39 is 11.7 Å². The van der Waals surface area contributed by atoms with E-state index in [0.717, 1.165) is 4.88 Å². The highest BCUT2D eigenvalue weighted by atomic mass is 32.1. The number of benzene rings is 1. The number of carbonyl (C=O) groups is 2. The summed E-state index contributed by atoms with van der Waals surface area (Å²) >= 11 is 1.63. The van der Waals surface area contributed by atoms with Gasteiger partial charge in [-0.3, -0.25) is 10.1 Å². The smallest absolute Gasteiger partial charge is 0.412 e. The molecule has 1 aromatic heterocycles. The Morgan fingerprint density at radius 3 is 2.23 bits per heavy atom. The molecule has 0 aliphatic heterocycles. The van der Waals surface area contributed by atoms with Gasteiger partial charge in [-0.15, -0.1) is 11.3 Å². The van der Waals surface area contributed by atoms with Gasteiger partial charge < -0.3 is 10.1 Å². The van der Waals surface area contributed by atoms with E-state index in [4.69, 9.17) is 4.74 Å². The largest absolute Gasteiger partial charge is 0.444 e. The van der Waals surface area contributed by atoms with Crippen LogP contribution in [0.4, 0.5) is 10.5 Å². The first kappa shape index (κ1) is 20.0. The molecule has 2 aromatic rings. The summed E-state index contributed by atoms with van der Waals surface area (Å²) in [5.74, 6) is 0.145. The van der Waals surface area contributed by atoms with Crippen LogP contribution >= 0.6 is 11.3 Å². The molecule has 1 aromatic carbocycles. The summed E-state index contributed by atoms with van der Waals surface area (Å²) < 4.78 is 5.21. The first-order chi connectivity index (χ1) is 12.2. The molecule has 6 heteroatoms. The number of nitrogens with one attached hydrogen (secondary N) is 2. The second-order valence-electron chi connectivity index (χ2n) is 7.41. The number of rotatable bonds is 5. The number of hydrogen-bond acceptors (Lipinski definition) is 4. The van der Waals surface area contributed by atoms with Crippen molar-refractivity contribution in [3.05, 3.63) is 52.2 Å². The maximum absolute atomic E-state index is 12.6. The molecule has 1 atom stereocenters. The van der Waals surface area contributed by atoms with Gasteiger partial charge in [-0.1, -0.05) is 19.9 Å². The first-order valence-corrected chi connectivity index (χ1v) is 9.48. The van der Waals surface area contributed by atoms with E-state index in [0.29, 0.717) is 11.3 Å². The van der Waals surface area contributed by atoms with E-state index in [9.17, 15) is 9.59 Å². The van der Waals surface area contributed by atoms with Crippen molar-refractivity contribution in [1.29, 1.82) is 0 Å². The van der Waals surface area contributed by atoms with Gasteiger partial charge >= 0.3 is 6.09 Å². The summed E-state index contributed by atoms with van der Waals surface area (Å²) in [7, 11) is 0. The molecule has 0 aliphatic rings. The highest BCUT2D eigenvalue weighted by molar-refractivity contribution is 7.10. The Morgan fingerprint density at radius 2 is 1.73 bits per heavy atom. The Morgan fingerprint density at radius 1 is 1.08 bits per heavy atom. The van der Waals surface area contributed by atoms with Crippen LogP contribution in [0, 0.1) is 5.92 Å². The van der Waals surface area contributed by atoms with Gasteiger partial charge in [0.15, 0.2) is 0 Å². The van der Waals surface area contributed by atoms with E-state index in [-0.39, 0.29) is 17.9 Å². The summed E-state index contributed by atoms with van der Waals surface area (Å²) in [6, 6.07) is 10.7. The lowest BCUT2D eigenvalue weighted by molar-refractivity contribution is 0.0635. The third-order valence-corrected chi connectivity index (χ3v) is 4.55. The van der Waals surface area contributed by atoms with Crippen molar-refractivity contribution in [1.82, 2.24) is 5.32 Å². The van der Waals surface area contributed by atoms with Crippen LogP contribution in [-0.2, 0) is 4.74 Å². The Kier molecular flexibility index (Phi) is 6.42. The van der Waals surface area contributed by atoms with Gasteiger partial charge in [-0.25, -0.2) is 4.79 Å². The van der Waals surface area contributed by atoms with Gasteiger partial charge in [0.25, 0.3) is 5.91 Å². The summed E-state index contributed by atoms with van der Waals surface area (Å²) in [6.45, 7) is 9.58. The van der Waals surface area contributed by atoms with E-state index in [1.807, 2.05) is 17.5 Å². The van der Waals surface area contributed by atoms with Crippen molar-refractivity contribution >= 4 is 29.0 Å². The third kappa shape index (κ3) is 5.88. The van der Waals surface area contributed by atoms with Crippen LogP contribution in [0.2, 0.25) is 0 Å². The molecule has 2 N–H and O–H groups in total. The molecule has 0 bridgehead atoms.